The summed E-state index contributed by atoms with van der Waals surface area (Å²) in [4.78, 5) is 16.6. The summed E-state index contributed by atoms with van der Waals surface area (Å²) in [7, 11) is 0. The third-order valence-electron chi connectivity index (χ3n) is 4.44. The van der Waals surface area contributed by atoms with Crippen molar-refractivity contribution < 1.29 is 4.79 Å². The Morgan fingerprint density at radius 1 is 1.23 bits per heavy atom. The van der Waals surface area contributed by atoms with E-state index in [2.05, 4.69) is 58.9 Å². The van der Waals surface area contributed by atoms with Gasteiger partial charge in [-0.3, -0.25) is 9.69 Å². The van der Waals surface area contributed by atoms with E-state index in [1.54, 1.807) is 0 Å². The molecule has 0 aliphatic carbocycles. The van der Waals surface area contributed by atoms with Crippen LogP contribution in [-0.2, 0) is 4.79 Å². The highest BCUT2D eigenvalue weighted by Crippen LogP contribution is 2.23. The fourth-order valence-electron chi connectivity index (χ4n) is 2.95. The minimum Gasteiger partial charge on any atom is -0.339 e. The quantitative estimate of drug-likeness (QED) is 0.870. The van der Waals surface area contributed by atoms with Gasteiger partial charge in [-0.2, -0.15) is 0 Å². The number of carbonyl (C=O) groups excluding carboxylic acids is 1. The van der Waals surface area contributed by atoms with Crippen LogP contribution >= 0.6 is 15.9 Å². The first-order valence-electron chi connectivity index (χ1n) is 8.06. The van der Waals surface area contributed by atoms with E-state index in [9.17, 15) is 4.79 Å². The second-order valence-electron chi connectivity index (χ2n) is 5.98. The van der Waals surface area contributed by atoms with E-state index < -0.39 is 0 Å². The molecule has 2 N–H and O–H groups in total. The molecular weight excluding hydrogens is 342 g/mol. The number of hydrogen-bond acceptors (Lipinski definition) is 3. The lowest BCUT2D eigenvalue weighted by Crippen LogP contribution is -2.53. The second kappa shape index (κ2) is 8.09. The first kappa shape index (κ1) is 17.4. The zero-order valence-corrected chi connectivity index (χ0v) is 15.1. The molecule has 0 saturated carbocycles. The highest BCUT2D eigenvalue weighted by molar-refractivity contribution is 9.10. The Labute approximate surface area is 141 Å². The molecule has 1 fully saturated rings. The van der Waals surface area contributed by atoms with Gasteiger partial charge in [-0.15, -0.1) is 0 Å². The molecule has 2 rings (SSSR count). The van der Waals surface area contributed by atoms with Gasteiger partial charge >= 0.3 is 0 Å². The van der Waals surface area contributed by atoms with Crippen molar-refractivity contribution in [3.8, 4) is 0 Å². The van der Waals surface area contributed by atoms with E-state index in [0.29, 0.717) is 6.04 Å². The van der Waals surface area contributed by atoms with Gasteiger partial charge in [0.1, 0.15) is 0 Å². The van der Waals surface area contributed by atoms with E-state index >= 15 is 0 Å². The summed E-state index contributed by atoms with van der Waals surface area (Å²) in [5.41, 5.74) is 7.26. The molecule has 5 heteroatoms. The average Bonchev–Trinajstić information content (AvgIpc) is 2.54. The van der Waals surface area contributed by atoms with Crippen molar-refractivity contribution in [2.45, 2.75) is 38.8 Å². The van der Waals surface area contributed by atoms with Crippen molar-refractivity contribution in [1.82, 2.24) is 9.80 Å². The Kier molecular flexibility index (Phi) is 6.41. The van der Waals surface area contributed by atoms with Gasteiger partial charge in [0.05, 0.1) is 6.04 Å². The third-order valence-corrected chi connectivity index (χ3v) is 4.97. The highest BCUT2D eigenvalue weighted by atomic mass is 79.9. The first-order valence-corrected chi connectivity index (χ1v) is 8.86. The van der Waals surface area contributed by atoms with Crippen LogP contribution in [0.5, 0.6) is 0 Å². The maximum Gasteiger partial charge on any atom is 0.239 e. The topological polar surface area (TPSA) is 49.6 Å². The lowest BCUT2D eigenvalue weighted by Gasteiger charge is -2.39. The van der Waals surface area contributed by atoms with Crippen LogP contribution in [0.1, 0.15) is 38.3 Å². The number of piperazine rings is 1. The van der Waals surface area contributed by atoms with Gasteiger partial charge in [-0.25, -0.2) is 0 Å². The predicted octanol–water partition coefficient (Wildman–Crippen LogP) is 2.78. The van der Waals surface area contributed by atoms with Crippen LogP contribution in [0.2, 0.25) is 0 Å². The van der Waals surface area contributed by atoms with Gasteiger partial charge in [0, 0.05) is 36.7 Å². The molecule has 1 aromatic carbocycles. The molecule has 1 aliphatic heterocycles. The Morgan fingerprint density at radius 3 is 2.36 bits per heavy atom. The standard InChI is InChI=1S/C17H26BrN3O/c1-3-4-16(19)17(22)21-11-9-20(10-12-21)13(2)14-5-7-15(18)8-6-14/h5-8,13,16H,3-4,9-12,19H2,1-2H3. The summed E-state index contributed by atoms with van der Waals surface area (Å²) in [6.07, 6.45) is 1.72. The van der Waals surface area contributed by atoms with Crippen LogP contribution in [0.3, 0.4) is 0 Å². The zero-order chi connectivity index (χ0) is 16.1. The molecule has 4 nitrogen and oxygen atoms in total. The fraction of sp³-hybridized carbons (Fsp3) is 0.588. The first-order chi connectivity index (χ1) is 10.5. The van der Waals surface area contributed by atoms with Crippen LogP contribution in [-0.4, -0.2) is 47.9 Å². The lowest BCUT2D eigenvalue weighted by molar-refractivity contribution is -0.134. The van der Waals surface area contributed by atoms with E-state index in [1.165, 1.54) is 5.56 Å². The molecule has 0 radical (unpaired) electrons. The number of halogens is 1. The van der Waals surface area contributed by atoms with Crippen molar-refractivity contribution in [2.24, 2.45) is 5.73 Å². The molecule has 0 spiro atoms. The molecule has 2 atom stereocenters. The monoisotopic (exact) mass is 367 g/mol. The largest absolute Gasteiger partial charge is 0.339 e. The van der Waals surface area contributed by atoms with Crippen LogP contribution in [0.15, 0.2) is 28.7 Å². The van der Waals surface area contributed by atoms with Crippen LogP contribution in [0, 0.1) is 0 Å². The molecule has 0 bridgehead atoms. The van der Waals surface area contributed by atoms with Crippen LogP contribution in [0.25, 0.3) is 0 Å². The normalized spacial score (nSPS) is 19.0. The Bertz CT molecular complexity index is 483. The van der Waals surface area contributed by atoms with Gasteiger partial charge in [0.15, 0.2) is 0 Å². The van der Waals surface area contributed by atoms with Crippen molar-refractivity contribution in [2.75, 3.05) is 26.2 Å². The van der Waals surface area contributed by atoms with Crippen LogP contribution < -0.4 is 5.73 Å². The minimum absolute atomic E-state index is 0.109. The van der Waals surface area contributed by atoms with Gasteiger partial charge < -0.3 is 10.6 Å². The molecule has 1 aromatic rings. The number of hydrogen-bond donors (Lipinski definition) is 1. The Morgan fingerprint density at radius 2 is 1.82 bits per heavy atom. The summed E-state index contributed by atoms with van der Waals surface area (Å²) in [6, 6.07) is 8.51. The van der Waals surface area contributed by atoms with E-state index in [1.807, 2.05) is 4.90 Å². The molecule has 1 heterocycles. The summed E-state index contributed by atoms with van der Waals surface area (Å²) < 4.78 is 1.10. The second-order valence-corrected chi connectivity index (χ2v) is 6.90. The van der Waals surface area contributed by atoms with Gasteiger partial charge in [-0.05, 0) is 31.0 Å². The number of rotatable bonds is 5. The maximum atomic E-state index is 12.2. The third kappa shape index (κ3) is 4.31. The molecule has 2 unspecified atom stereocenters. The molecule has 1 amide bonds. The Hall–Kier alpha value is -0.910. The molecule has 1 aliphatic rings. The van der Waals surface area contributed by atoms with Crippen molar-refractivity contribution >= 4 is 21.8 Å². The number of amides is 1. The predicted molar refractivity (Wildman–Crippen MR) is 93.6 cm³/mol. The lowest BCUT2D eigenvalue weighted by atomic mass is 10.1. The van der Waals surface area contributed by atoms with Gasteiger partial charge in [0.25, 0.3) is 0 Å². The summed E-state index contributed by atoms with van der Waals surface area (Å²) in [5.74, 6) is 0.109. The minimum atomic E-state index is -0.333. The molecular formula is C17H26BrN3O. The fourth-order valence-corrected chi connectivity index (χ4v) is 3.22. The molecule has 1 saturated heterocycles. The SMILES string of the molecule is CCCC(N)C(=O)N1CCN(C(C)c2ccc(Br)cc2)CC1. The van der Waals surface area contributed by atoms with Gasteiger partial charge in [0.2, 0.25) is 5.91 Å². The van der Waals surface area contributed by atoms with Crippen molar-refractivity contribution in [1.29, 1.82) is 0 Å². The van der Waals surface area contributed by atoms with Crippen LogP contribution in [0.4, 0.5) is 0 Å². The van der Waals surface area contributed by atoms with Crippen molar-refractivity contribution in [3.63, 3.8) is 0 Å². The molecule has 22 heavy (non-hydrogen) atoms. The Balaban J connectivity index is 1.89. The number of benzene rings is 1. The van der Waals surface area contributed by atoms with E-state index in [0.717, 1.165) is 43.5 Å². The van der Waals surface area contributed by atoms with E-state index in [-0.39, 0.29) is 11.9 Å². The zero-order valence-electron chi connectivity index (χ0n) is 13.5. The summed E-state index contributed by atoms with van der Waals surface area (Å²) in [6.45, 7) is 7.65. The average molecular weight is 368 g/mol. The van der Waals surface area contributed by atoms with E-state index in [4.69, 9.17) is 5.73 Å². The summed E-state index contributed by atoms with van der Waals surface area (Å²) in [5, 5.41) is 0. The summed E-state index contributed by atoms with van der Waals surface area (Å²) >= 11 is 3.47. The highest BCUT2D eigenvalue weighted by Gasteiger charge is 2.27. The van der Waals surface area contributed by atoms with Crippen molar-refractivity contribution in [3.05, 3.63) is 34.3 Å². The molecule has 122 valence electrons. The molecule has 0 aromatic heterocycles. The smallest absolute Gasteiger partial charge is 0.239 e. The maximum absolute atomic E-state index is 12.2. The number of carbonyl (C=O) groups is 1. The van der Waals surface area contributed by atoms with Gasteiger partial charge in [-0.1, -0.05) is 41.4 Å². The number of nitrogens with zero attached hydrogens (tertiary/aromatic N) is 2. The number of nitrogens with two attached hydrogens (primary N) is 1.